The Morgan fingerprint density at radius 2 is 0.891 bits per heavy atom. The van der Waals surface area contributed by atoms with Crippen LogP contribution < -0.4 is 0 Å². The Kier molecular flexibility index (Phi) is 28.7. The summed E-state index contributed by atoms with van der Waals surface area (Å²) in [4.78, 5) is 25.0. The van der Waals surface area contributed by atoms with E-state index in [4.69, 9.17) is 9.47 Å². The third kappa shape index (κ3) is 24.1. The van der Waals surface area contributed by atoms with Crippen LogP contribution in [0, 0.1) is 5.92 Å². The van der Waals surface area contributed by atoms with Gasteiger partial charge in [0.1, 0.15) is 12.2 Å². The van der Waals surface area contributed by atoms with E-state index in [0.29, 0.717) is 18.8 Å². The summed E-state index contributed by atoms with van der Waals surface area (Å²) >= 11 is 0. The lowest BCUT2D eigenvalue weighted by molar-refractivity contribution is -0.193. The van der Waals surface area contributed by atoms with E-state index >= 15 is 0 Å². The van der Waals surface area contributed by atoms with Crippen molar-refractivity contribution >= 4 is 11.9 Å². The predicted molar refractivity (Wildman–Crippen MR) is 197 cm³/mol. The summed E-state index contributed by atoms with van der Waals surface area (Å²) in [5, 5.41) is 0. The molecule has 0 heterocycles. The largest absolute Gasteiger partial charge is 0.458 e. The van der Waals surface area contributed by atoms with Crippen molar-refractivity contribution in [2.75, 3.05) is 0 Å². The number of carbonyl (C=O) groups is 2. The Morgan fingerprint density at radius 1 is 0.500 bits per heavy atom. The van der Waals surface area contributed by atoms with Gasteiger partial charge in [0.05, 0.1) is 0 Å². The molecule has 0 aromatic carbocycles. The van der Waals surface area contributed by atoms with Gasteiger partial charge in [0.25, 0.3) is 0 Å². The monoisotopic (exact) mass is 641 g/mol. The van der Waals surface area contributed by atoms with Crippen LogP contribution in [0.2, 0.25) is 0 Å². The van der Waals surface area contributed by atoms with Crippen molar-refractivity contribution in [2.45, 2.75) is 200 Å². The molecule has 1 saturated carbocycles. The van der Waals surface area contributed by atoms with E-state index in [1.165, 1.54) is 77.0 Å². The fourth-order valence-corrected chi connectivity index (χ4v) is 5.96. The lowest BCUT2D eigenvalue weighted by Crippen LogP contribution is -2.51. The second-order valence-corrected chi connectivity index (χ2v) is 13.3. The topological polar surface area (TPSA) is 52.6 Å². The lowest BCUT2D eigenvalue weighted by atomic mass is 9.77. The molecule has 4 heteroatoms. The zero-order valence-corrected chi connectivity index (χ0v) is 30.4. The number of rotatable bonds is 31. The SMILES string of the molecule is CCCCCC=CCC=CCCCCCCCC(=O)OC1CC(CC)C1OC(=O)CCCCCCCC=CCC=CCCCCC. The molecule has 0 aromatic rings. The lowest BCUT2D eigenvalue weighted by Gasteiger charge is -2.42. The molecule has 0 aliphatic heterocycles. The van der Waals surface area contributed by atoms with E-state index in [9.17, 15) is 9.59 Å². The van der Waals surface area contributed by atoms with Crippen LogP contribution in [0.1, 0.15) is 188 Å². The highest BCUT2D eigenvalue weighted by Gasteiger charge is 2.45. The molecule has 1 aliphatic rings. The summed E-state index contributed by atoms with van der Waals surface area (Å²) < 4.78 is 11.6. The van der Waals surface area contributed by atoms with Gasteiger partial charge in [0, 0.05) is 18.8 Å². The maximum absolute atomic E-state index is 12.5. The van der Waals surface area contributed by atoms with E-state index in [0.717, 1.165) is 77.0 Å². The normalized spacial score (nSPS) is 18.3. The Balaban J connectivity index is 2.03. The number of carbonyl (C=O) groups excluding carboxylic acids is 2. The number of hydrogen-bond acceptors (Lipinski definition) is 4. The number of allylic oxidation sites excluding steroid dienone is 8. The summed E-state index contributed by atoms with van der Waals surface area (Å²) in [6.45, 7) is 6.61. The molecule has 1 fully saturated rings. The van der Waals surface area contributed by atoms with Crippen molar-refractivity contribution < 1.29 is 19.1 Å². The van der Waals surface area contributed by atoms with Crippen LogP contribution in [0.15, 0.2) is 48.6 Å². The molecule has 1 aliphatic carbocycles. The number of ether oxygens (including phenoxy) is 2. The third-order valence-corrected chi connectivity index (χ3v) is 9.10. The maximum atomic E-state index is 12.5. The smallest absolute Gasteiger partial charge is 0.306 e. The Bertz CT molecular complexity index is 839. The fraction of sp³-hybridized carbons (Fsp3) is 0.762. The molecular weight excluding hydrogens is 568 g/mol. The van der Waals surface area contributed by atoms with Gasteiger partial charge in [0.15, 0.2) is 0 Å². The van der Waals surface area contributed by atoms with Crippen LogP contribution in [0.5, 0.6) is 0 Å². The van der Waals surface area contributed by atoms with Crippen molar-refractivity contribution in [3.05, 3.63) is 48.6 Å². The quantitative estimate of drug-likeness (QED) is 0.0430. The average molecular weight is 641 g/mol. The summed E-state index contributed by atoms with van der Waals surface area (Å²) in [6, 6.07) is 0. The van der Waals surface area contributed by atoms with E-state index in [2.05, 4.69) is 69.4 Å². The van der Waals surface area contributed by atoms with Crippen molar-refractivity contribution in [3.63, 3.8) is 0 Å². The van der Waals surface area contributed by atoms with E-state index < -0.39 is 0 Å². The van der Waals surface area contributed by atoms with Gasteiger partial charge < -0.3 is 9.47 Å². The van der Waals surface area contributed by atoms with Gasteiger partial charge in [-0.3, -0.25) is 9.59 Å². The highest BCUT2D eigenvalue weighted by molar-refractivity contribution is 5.71. The van der Waals surface area contributed by atoms with Crippen molar-refractivity contribution in [3.8, 4) is 0 Å². The molecule has 0 amide bonds. The molecule has 0 bridgehead atoms. The summed E-state index contributed by atoms with van der Waals surface area (Å²) in [5.74, 6) is 0.0332. The van der Waals surface area contributed by atoms with Gasteiger partial charge in [-0.2, -0.15) is 0 Å². The predicted octanol–water partition coefficient (Wildman–Crippen LogP) is 12.9. The minimum Gasteiger partial charge on any atom is -0.458 e. The summed E-state index contributed by atoms with van der Waals surface area (Å²) in [7, 11) is 0. The van der Waals surface area contributed by atoms with Crippen LogP contribution in [0.4, 0.5) is 0 Å². The molecule has 3 unspecified atom stereocenters. The maximum Gasteiger partial charge on any atom is 0.306 e. The summed E-state index contributed by atoms with van der Waals surface area (Å²) in [6.07, 6.45) is 46.2. The van der Waals surface area contributed by atoms with Gasteiger partial charge in [-0.15, -0.1) is 0 Å². The molecule has 1 rings (SSSR count). The molecule has 264 valence electrons. The Hall–Kier alpha value is -2.10. The molecule has 0 N–H and O–H groups in total. The first kappa shape index (κ1) is 41.9. The van der Waals surface area contributed by atoms with Crippen molar-refractivity contribution in [2.24, 2.45) is 5.92 Å². The molecule has 46 heavy (non-hydrogen) atoms. The van der Waals surface area contributed by atoms with Gasteiger partial charge in [-0.05, 0) is 89.9 Å². The van der Waals surface area contributed by atoms with Gasteiger partial charge >= 0.3 is 11.9 Å². The van der Waals surface area contributed by atoms with Crippen LogP contribution in [0.3, 0.4) is 0 Å². The highest BCUT2D eigenvalue weighted by atomic mass is 16.6. The van der Waals surface area contributed by atoms with Crippen LogP contribution in [0.25, 0.3) is 0 Å². The molecule has 3 atom stereocenters. The van der Waals surface area contributed by atoms with Crippen LogP contribution in [-0.4, -0.2) is 24.1 Å². The molecule has 4 nitrogen and oxygen atoms in total. The number of hydrogen-bond donors (Lipinski definition) is 0. The first-order chi connectivity index (χ1) is 22.6. The molecule has 0 saturated heterocycles. The molecular formula is C42H72O4. The average Bonchev–Trinajstić information content (AvgIpc) is 3.05. The van der Waals surface area contributed by atoms with E-state index in [1.807, 2.05) is 0 Å². The molecule has 0 aromatic heterocycles. The van der Waals surface area contributed by atoms with Gasteiger partial charge in [-0.1, -0.05) is 134 Å². The standard InChI is InChI=1S/C42H72O4/c1-4-7-9-11-13-15-17-19-21-23-25-27-29-31-33-35-40(43)45-39-37-38(6-3)42(39)46-41(44)36-34-32-30-28-26-24-22-20-18-16-14-12-10-8-5-2/h13-16,19-22,38-39,42H,4-12,17-18,23-37H2,1-3H3. The van der Waals surface area contributed by atoms with E-state index in [-0.39, 0.29) is 24.1 Å². The van der Waals surface area contributed by atoms with Crippen LogP contribution >= 0.6 is 0 Å². The van der Waals surface area contributed by atoms with Crippen LogP contribution in [-0.2, 0) is 19.1 Å². The summed E-state index contributed by atoms with van der Waals surface area (Å²) in [5.41, 5.74) is 0. The van der Waals surface area contributed by atoms with Crippen molar-refractivity contribution in [1.29, 1.82) is 0 Å². The number of esters is 2. The first-order valence-electron chi connectivity index (χ1n) is 19.6. The zero-order valence-electron chi connectivity index (χ0n) is 30.4. The molecule has 0 spiro atoms. The third-order valence-electron chi connectivity index (χ3n) is 9.10. The molecule has 0 radical (unpaired) electrons. The first-order valence-corrected chi connectivity index (χ1v) is 19.6. The Morgan fingerprint density at radius 3 is 1.33 bits per heavy atom. The second kappa shape index (κ2) is 31.5. The highest BCUT2D eigenvalue weighted by Crippen LogP contribution is 2.36. The minimum absolute atomic E-state index is 0.136. The zero-order chi connectivity index (χ0) is 33.3. The van der Waals surface area contributed by atoms with Crippen molar-refractivity contribution in [1.82, 2.24) is 0 Å². The van der Waals surface area contributed by atoms with Gasteiger partial charge in [0.2, 0.25) is 0 Å². The van der Waals surface area contributed by atoms with E-state index in [1.54, 1.807) is 0 Å². The Labute approximate surface area is 284 Å². The second-order valence-electron chi connectivity index (χ2n) is 13.3. The fourth-order valence-electron chi connectivity index (χ4n) is 5.96. The van der Waals surface area contributed by atoms with Gasteiger partial charge in [-0.25, -0.2) is 0 Å². The number of unbranched alkanes of at least 4 members (excludes halogenated alkanes) is 16. The minimum atomic E-state index is -0.260.